The molecular weight excluding hydrogens is 541 g/mol. The van der Waals surface area contributed by atoms with Crippen molar-refractivity contribution < 1.29 is 32.6 Å². The average Bonchev–Trinajstić information content (AvgIpc) is 3.54. The van der Waals surface area contributed by atoms with Gasteiger partial charge < -0.3 is 25.0 Å². The van der Waals surface area contributed by atoms with E-state index in [1.54, 1.807) is 12.4 Å². The number of amides is 2. The number of hydrogen-bond donors (Lipinski definition) is 2. The number of carbonyl (C=O) groups is 2. The quantitative estimate of drug-likeness (QED) is 0.426. The van der Waals surface area contributed by atoms with E-state index in [-0.39, 0.29) is 30.2 Å². The summed E-state index contributed by atoms with van der Waals surface area (Å²) in [7, 11) is 2.64. The third kappa shape index (κ3) is 5.94. The van der Waals surface area contributed by atoms with Crippen LogP contribution in [0.5, 0.6) is 0 Å². The zero-order valence-electron chi connectivity index (χ0n) is 21.4. The standard InChI is InChI=1S/C25H28ClF3N6O4/c1-14(39-3)21-18(10-30-35-12-19(26)32-23(21)35)31-17-6-4-15(5-7-17)22(25(27,28)29)33(2)24(38)16-8-9-34(11-16)20(37)13-36/h4-7,10,12,14,16,22,31,36H,8-9,11,13H2,1-3H3/t14-,16-,22-/m0/s1. The molecule has 0 aliphatic carbocycles. The minimum Gasteiger partial charge on any atom is -0.387 e. The van der Waals surface area contributed by atoms with Gasteiger partial charge >= 0.3 is 6.18 Å². The Bertz CT molecular complexity index is 1350. The highest BCUT2D eigenvalue weighted by Gasteiger charge is 2.47. The molecule has 210 valence electrons. The fourth-order valence-electron chi connectivity index (χ4n) is 4.78. The Hall–Kier alpha value is -3.42. The largest absolute Gasteiger partial charge is 0.413 e. The van der Waals surface area contributed by atoms with Crippen LogP contribution >= 0.6 is 11.6 Å². The molecule has 3 heterocycles. The van der Waals surface area contributed by atoms with E-state index in [2.05, 4.69) is 15.4 Å². The predicted octanol–water partition coefficient (Wildman–Crippen LogP) is 3.74. The first-order valence-electron chi connectivity index (χ1n) is 12.1. The molecule has 0 bridgehead atoms. The molecule has 1 saturated heterocycles. The number of anilines is 2. The number of alkyl halides is 3. The van der Waals surface area contributed by atoms with Crippen LogP contribution in [-0.4, -0.2) is 81.3 Å². The van der Waals surface area contributed by atoms with E-state index in [1.165, 1.54) is 40.8 Å². The number of fused-ring (bicyclic) bond motifs is 1. The number of nitrogens with one attached hydrogen (secondary N) is 1. The minimum absolute atomic E-state index is 0.0294. The lowest BCUT2D eigenvalue weighted by molar-refractivity contribution is -0.190. The summed E-state index contributed by atoms with van der Waals surface area (Å²) in [6.07, 6.45) is -1.83. The molecule has 2 aromatic heterocycles. The van der Waals surface area contributed by atoms with E-state index in [0.29, 0.717) is 27.5 Å². The number of halogens is 4. The summed E-state index contributed by atoms with van der Waals surface area (Å²) in [4.78, 5) is 30.9. The number of imidazole rings is 1. The highest BCUT2D eigenvalue weighted by atomic mass is 35.5. The molecule has 0 unspecified atom stereocenters. The van der Waals surface area contributed by atoms with Crippen molar-refractivity contribution in [1.29, 1.82) is 0 Å². The van der Waals surface area contributed by atoms with Crippen LogP contribution in [0.1, 0.15) is 36.6 Å². The van der Waals surface area contributed by atoms with Crippen molar-refractivity contribution >= 4 is 40.4 Å². The second kappa shape index (κ2) is 11.4. The van der Waals surface area contributed by atoms with Gasteiger partial charge in [-0.2, -0.15) is 18.3 Å². The summed E-state index contributed by atoms with van der Waals surface area (Å²) in [6, 6.07) is 3.38. The molecule has 0 saturated carbocycles. The second-order valence-corrected chi connectivity index (χ2v) is 9.69. The Balaban J connectivity index is 1.57. The van der Waals surface area contributed by atoms with Gasteiger partial charge in [0, 0.05) is 32.9 Å². The lowest BCUT2D eigenvalue weighted by atomic mass is 10.0. The monoisotopic (exact) mass is 568 g/mol. The molecule has 1 aliphatic heterocycles. The van der Waals surface area contributed by atoms with Crippen molar-refractivity contribution in [2.75, 3.05) is 39.2 Å². The number of rotatable bonds is 8. The number of benzene rings is 1. The maximum atomic E-state index is 14.2. The zero-order chi connectivity index (χ0) is 28.5. The molecule has 1 aromatic carbocycles. The van der Waals surface area contributed by atoms with Gasteiger partial charge in [-0.05, 0) is 31.0 Å². The Morgan fingerprint density at radius 3 is 2.62 bits per heavy atom. The number of likely N-dealkylation sites (tertiary alicyclic amines) is 1. The second-order valence-electron chi connectivity index (χ2n) is 9.31. The third-order valence-corrected chi connectivity index (χ3v) is 7.02. The minimum atomic E-state index is -4.74. The smallest absolute Gasteiger partial charge is 0.387 e. The summed E-state index contributed by atoms with van der Waals surface area (Å²) in [5.41, 5.74) is 2.03. The van der Waals surface area contributed by atoms with Crippen LogP contribution in [0.4, 0.5) is 24.5 Å². The zero-order valence-corrected chi connectivity index (χ0v) is 22.2. The highest BCUT2D eigenvalue weighted by molar-refractivity contribution is 6.29. The molecule has 1 aliphatic rings. The van der Waals surface area contributed by atoms with Crippen molar-refractivity contribution in [3.05, 3.63) is 52.9 Å². The molecule has 2 amide bonds. The number of nitrogens with zero attached hydrogens (tertiary/aromatic N) is 5. The molecule has 3 atom stereocenters. The Morgan fingerprint density at radius 1 is 1.31 bits per heavy atom. The Kier molecular flexibility index (Phi) is 8.33. The predicted molar refractivity (Wildman–Crippen MR) is 136 cm³/mol. The molecule has 14 heteroatoms. The molecule has 10 nitrogen and oxygen atoms in total. The van der Waals surface area contributed by atoms with Gasteiger partial charge in [-0.3, -0.25) is 9.59 Å². The molecule has 39 heavy (non-hydrogen) atoms. The number of carbonyl (C=O) groups excluding carboxylic acids is 2. The van der Waals surface area contributed by atoms with Gasteiger partial charge in [0.05, 0.1) is 35.7 Å². The topological polar surface area (TPSA) is 112 Å². The molecule has 3 aromatic rings. The van der Waals surface area contributed by atoms with Crippen LogP contribution in [0.3, 0.4) is 0 Å². The van der Waals surface area contributed by atoms with E-state index in [9.17, 15) is 22.8 Å². The summed E-state index contributed by atoms with van der Waals surface area (Å²) >= 11 is 6.04. The molecule has 0 radical (unpaired) electrons. The fraction of sp³-hybridized carbons (Fsp3) is 0.440. The molecule has 2 N–H and O–H groups in total. The van der Waals surface area contributed by atoms with E-state index < -0.39 is 42.7 Å². The lowest BCUT2D eigenvalue weighted by Gasteiger charge is -2.32. The number of aliphatic hydroxyl groups excluding tert-OH is 1. The molecule has 0 spiro atoms. The number of hydrogen-bond acceptors (Lipinski definition) is 7. The Labute approximate surface area is 227 Å². The van der Waals surface area contributed by atoms with Crippen molar-refractivity contribution in [2.24, 2.45) is 5.92 Å². The van der Waals surface area contributed by atoms with Crippen LogP contribution in [0.2, 0.25) is 5.15 Å². The fourth-order valence-corrected chi connectivity index (χ4v) is 4.96. The summed E-state index contributed by atoms with van der Waals surface area (Å²) in [5.74, 6) is -2.06. The molecule has 1 fully saturated rings. The normalized spacial score (nSPS) is 17.3. The van der Waals surface area contributed by atoms with Crippen molar-refractivity contribution in [3.8, 4) is 0 Å². The van der Waals surface area contributed by atoms with Gasteiger partial charge in [-0.1, -0.05) is 23.7 Å². The molecular formula is C25H28ClF3N6O4. The first-order chi connectivity index (χ1) is 18.4. The summed E-state index contributed by atoms with van der Waals surface area (Å²) in [5, 5.41) is 16.7. The molecule has 4 rings (SSSR count). The van der Waals surface area contributed by atoms with E-state index in [4.69, 9.17) is 21.4 Å². The van der Waals surface area contributed by atoms with E-state index >= 15 is 0 Å². The first-order valence-corrected chi connectivity index (χ1v) is 12.5. The van der Waals surface area contributed by atoms with Gasteiger partial charge in [-0.25, -0.2) is 9.50 Å². The number of ether oxygens (including phenoxy) is 1. The van der Waals surface area contributed by atoms with Crippen LogP contribution in [-0.2, 0) is 14.3 Å². The van der Waals surface area contributed by atoms with Gasteiger partial charge in [0.2, 0.25) is 11.8 Å². The van der Waals surface area contributed by atoms with Crippen LogP contribution in [0, 0.1) is 5.92 Å². The van der Waals surface area contributed by atoms with Crippen LogP contribution < -0.4 is 5.32 Å². The van der Waals surface area contributed by atoms with Crippen molar-refractivity contribution in [2.45, 2.75) is 31.7 Å². The SMILES string of the molecule is CO[C@@H](C)c1c(Nc2ccc([C@H](N(C)C(=O)[C@H]3CCN(C(=O)CO)C3)C(F)(F)F)cc2)cnn2cc(Cl)nc12. The van der Waals surface area contributed by atoms with Crippen molar-refractivity contribution in [3.63, 3.8) is 0 Å². The lowest BCUT2D eigenvalue weighted by Crippen LogP contribution is -2.43. The highest BCUT2D eigenvalue weighted by Crippen LogP contribution is 2.39. The number of methoxy groups -OCH3 is 1. The maximum Gasteiger partial charge on any atom is 0.413 e. The van der Waals surface area contributed by atoms with Gasteiger partial charge in [-0.15, -0.1) is 0 Å². The maximum absolute atomic E-state index is 14.2. The van der Waals surface area contributed by atoms with E-state index in [1.807, 2.05) is 6.92 Å². The average molecular weight is 569 g/mol. The number of aromatic nitrogens is 3. The van der Waals surface area contributed by atoms with Crippen LogP contribution in [0.15, 0.2) is 36.7 Å². The van der Waals surface area contributed by atoms with Gasteiger partial charge in [0.15, 0.2) is 11.7 Å². The van der Waals surface area contributed by atoms with E-state index in [0.717, 1.165) is 7.05 Å². The van der Waals surface area contributed by atoms with Crippen molar-refractivity contribution in [1.82, 2.24) is 24.4 Å². The Morgan fingerprint density at radius 2 is 2.00 bits per heavy atom. The van der Waals surface area contributed by atoms with Gasteiger partial charge in [0.25, 0.3) is 0 Å². The third-order valence-electron chi connectivity index (χ3n) is 6.84. The summed E-state index contributed by atoms with van der Waals surface area (Å²) < 4.78 is 49.6. The summed E-state index contributed by atoms with van der Waals surface area (Å²) in [6.45, 7) is 1.28. The van der Waals surface area contributed by atoms with Crippen LogP contribution in [0.25, 0.3) is 5.65 Å². The number of aliphatic hydroxyl groups is 1. The van der Waals surface area contributed by atoms with Gasteiger partial charge in [0.1, 0.15) is 11.8 Å². The first kappa shape index (κ1) is 28.6.